The minimum Gasteiger partial charge on any atom is -0.497 e. The Morgan fingerprint density at radius 1 is 1.15 bits per heavy atom. The second-order valence-corrected chi connectivity index (χ2v) is 8.33. The molecule has 1 atom stereocenters. The molecular formula is C23H32N4O5S. The number of piperazine rings is 1. The number of hydrazine groups is 1. The SMILES string of the molecule is CCc1nc(OC)c(NN2CCN(c3cc(OC)cc(OC)c3)CC2C(=O)SC)cc1CO. The number of carbonyl (C=O) groups excluding carboxylic acids is 1. The maximum Gasteiger partial charge on any atom is 0.238 e. The highest BCUT2D eigenvalue weighted by atomic mass is 32.2. The molecule has 2 N–H and O–H groups in total. The van der Waals surface area contributed by atoms with E-state index in [0.29, 0.717) is 49.1 Å². The smallest absolute Gasteiger partial charge is 0.238 e. The van der Waals surface area contributed by atoms with E-state index < -0.39 is 6.04 Å². The molecule has 180 valence electrons. The van der Waals surface area contributed by atoms with Crippen LogP contribution in [0, 0.1) is 0 Å². The number of aliphatic hydroxyl groups is 1. The van der Waals surface area contributed by atoms with Crippen molar-refractivity contribution in [1.29, 1.82) is 0 Å². The van der Waals surface area contributed by atoms with Crippen molar-refractivity contribution in [3.8, 4) is 17.4 Å². The average molecular weight is 477 g/mol. The molecule has 0 radical (unpaired) electrons. The highest BCUT2D eigenvalue weighted by Gasteiger charge is 2.33. The van der Waals surface area contributed by atoms with Gasteiger partial charge in [-0.05, 0) is 18.7 Å². The first-order valence-electron chi connectivity index (χ1n) is 10.7. The molecule has 1 unspecified atom stereocenters. The summed E-state index contributed by atoms with van der Waals surface area (Å²) >= 11 is 1.20. The number of hydrogen-bond acceptors (Lipinski definition) is 10. The van der Waals surface area contributed by atoms with Crippen LogP contribution < -0.4 is 24.5 Å². The Morgan fingerprint density at radius 3 is 2.39 bits per heavy atom. The van der Waals surface area contributed by atoms with Crippen LogP contribution in [-0.2, 0) is 17.8 Å². The fraction of sp³-hybridized carbons (Fsp3) is 0.478. The second-order valence-electron chi connectivity index (χ2n) is 7.52. The van der Waals surface area contributed by atoms with Crippen LogP contribution in [0.2, 0.25) is 0 Å². The largest absolute Gasteiger partial charge is 0.497 e. The number of rotatable bonds is 9. The average Bonchev–Trinajstić information content (AvgIpc) is 2.87. The summed E-state index contributed by atoms with van der Waals surface area (Å²) in [7, 11) is 4.79. The van der Waals surface area contributed by atoms with Crippen LogP contribution >= 0.6 is 11.8 Å². The Bertz CT molecular complexity index is 952. The number of anilines is 2. The van der Waals surface area contributed by atoms with Gasteiger partial charge < -0.3 is 29.6 Å². The van der Waals surface area contributed by atoms with Crippen molar-refractivity contribution in [2.75, 3.05) is 57.5 Å². The highest BCUT2D eigenvalue weighted by molar-refractivity contribution is 8.13. The zero-order valence-electron chi connectivity index (χ0n) is 19.8. The van der Waals surface area contributed by atoms with Crippen molar-refractivity contribution in [1.82, 2.24) is 9.99 Å². The lowest BCUT2D eigenvalue weighted by molar-refractivity contribution is -0.115. The number of aromatic nitrogens is 1. The summed E-state index contributed by atoms with van der Waals surface area (Å²) < 4.78 is 16.3. The van der Waals surface area contributed by atoms with E-state index in [-0.39, 0.29) is 11.7 Å². The van der Waals surface area contributed by atoms with Crippen LogP contribution in [0.4, 0.5) is 11.4 Å². The van der Waals surface area contributed by atoms with E-state index >= 15 is 0 Å². The second kappa shape index (κ2) is 11.4. The van der Waals surface area contributed by atoms with Crippen molar-refractivity contribution in [2.45, 2.75) is 26.0 Å². The number of pyridine rings is 1. The Morgan fingerprint density at radius 2 is 1.85 bits per heavy atom. The number of aliphatic hydroxyl groups excluding tert-OH is 1. The number of nitrogens with zero attached hydrogens (tertiary/aromatic N) is 3. The molecule has 1 saturated heterocycles. The van der Waals surface area contributed by atoms with Gasteiger partial charge in [-0.3, -0.25) is 4.79 Å². The third kappa shape index (κ3) is 5.63. The molecule has 9 nitrogen and oxygen atoms in total. The summed E-state index contributed by atoms with van der Waals surface area (Å²) in [5.74, 6) is 1.82. The Hall–Kier alpha value is -2.69. The number of thioether (sulfide) groups is 1. The van der Waals surface area contributed by atoms with E-state index in [4.69, 9.17) is 14.2 Å². The first-order valence-corrected chi connectivity index (χ1v) is 12.0. The molecule has 33 heavy (non-hydrogen) atoms. The Balaban J connectivity index is 1.88. The monoisotopic (exact) mass is 476 g/mol. The van der Waals surface area contributed by atoms with Gasteiger partial charge in [-0.2, -0.15) is 0 Å². The molecule has 1 aromatic carbocycles. The lowest BCUT2D eigenvalue weighted by atomic mass is 10.1. The van der Waals surface area contributed by atoms with Crippen LogP contribution in [-0.4, -0.2) is 73.5 Å². The molecule has 0 bridgehead atoms. The van der Waals surface area contributed by atoms with Gasteiger partial charge in [-0.25, -0.2) is 9.99 Å². The van der Waals surface area contributed by atoms with Crippen LogP contribution in [0.15, 0.2) is 24.3 Å². The first-order chi connectivity index (χ1) is 16.0. The van der Waals surface area contributed by atoms with E-state index in [1.54, 1.807) is 27.6 Å². The summed E-state index contributed by atoms with van der Waals surface area (Å²) in [6, 6.07) is 7.12. The lowest BCUT2D eigenvalue weighted by Gasteiger charge is -2.41. The number of hydrogen-bond donors (Lipinski definition) is 2. The van der Waals surface area contributed by atoms with Crippen LogP contribution in [0.25, 0.3) is 0 Å². The van der Waals surface area contributed by atoms with E-state index in [2.05, 4.69) is 15.3 Å². The third-order valence-electron chi connectivity index (χ3n) is 5.67. The van der Waals surface area contributed by atoms with Gasteiger partial charge in [0.1, 0.15) is 23.2 Å². The number of benzene rings is 1. The van der Waals surface area contributed by atoms with Crippen molar-refractivity contribution in [3.63, 3.8) is 0 Å². The van der Waals surface area contributed by atoms with E-state index in [9.17, 15) is 9.90 Å². The summed E-state index contributed by atoms with van der Waals surface area (Å²) in [4.78, 5) is 19.6. The van der Waals surface area contributed by atoms with Crippen LogP contribution in [0.3, 0.4) is 0 Å². The molecule has 1 aromatic heterocycles. The van der Waals surface area contributed by atoms with E-state index in [1.807, 2.05) is 36.2 Å². The number of methoxy groups -OCH3 is 3. The molecule has 1 aliphatic rings. The molecule has 1 fully saturated rings. The molecule has 0 amide bonds. The van der Waals surface area contributed by atoms with Gasteiger partial charge in [0, 0.05) is 54.8 Å². The number of ether oxygens (including phenoxy) is 3. The molecule has 2 aromatic rings. The molecule has 10 heteroatoms. The van der Waals surface area contributed by atoms with Crippen molar-refractivity contribution in [2.24, 2.45) is 0 Å². The summed E-state index contributed by atoms with van der Waals surface area (Å²) in [6.07, 6.45) is 2.47. The quantitative estimate of drug-likeness (QED) is 0.562. The molecule has 2 heterocycles. The van der Waals surface area contributed by atoms with Crippen molar-refractivity contribution >= 4 is 28.3 Å². The van der Waals surface area contributed by atoms with Gasteiger partial charge in [0.15, 0.2) is 0 Å². The number of nitrogens with one attached hydrogen (secondary N) is 1. The fourth-order valence-corrected chi connectivity index (χ4v) is 4.35. The van der Waals surface area contributed by atoms with Crippen molar-refractivity contribution < 1.29 is 24.1 Å². The summed E-state index contributed by atoms with van der Waals surface area (Å²) in [6.45, 7) is 3.60. The van der Waals surface area contributed by atoms with Gasteiger partial charge in [0.2, 0.25) is 11.0 Å². The van der Waals surface area contributed by atoms with Gasteiger partial charge >= 0.3 is 0 Å². The zero-order valence-corrected chi connectivity index (χ0v) is 20.6. The van der Waals surface area contributed by atoms with Gasteiger partial charge in [-0.15, -0.1) is 0 Å². The van der Waals surface area contributed by atoms with E-state index in [0.717, 1.165) is 16.9 Å². The van der Waals surface area contributed by atoms with Crippen molar-refractivity contribution in [3.05, 3.63) is 35.5 Å². The predicted octanol–water partition coefficient (Wildman–Crippen LogP) is 2.57. The minimum atomic E-state index is -0.418. The third-order valence-corrected chi connectivity index (χ3v) is 6.35. The van der Waals surface area contributed by atoms with Crippen LogP contribution in [0.1, 0.15) is 18.2 Å². The zero-order chi connectivity index (χ0) is 24.0. The maximum atomic E-state index is 12.9. The lowest BCUT2D eigenvalue weighted by Crippen LogP contribution is -2.58. The predicted molar refractivity (Wildman–Crippen MR) is 130 cm³/mol. The number of aryl methyl sites for hydroxylation is 1. The molecule has 0 saturated carbocycles. The molecule has 1 aliphatic heterocycles. The molecular weight excluding hydrogens is 444 g/mol. The fourth-order valence-electron chi connectivity index (χ4n) is 3.87. The highest BCUT2D eigenvalue weighted by Crippen LogP contribution is 2.32. The minimum absolute atomic E-state index is 0.0431. The number of carbonyl (C=O) groups is 1. The molecule has 3 rings (SSSR count). The standard InChI is InChI=1S/C23H32N4O5S/c1-6-19-15(14-28)9-20(22(24-19)32-4)25-27-8-7-26(13-21(27)23(29)33-5)16-10-17(30-2)12-18(11-16)31-3/h9-12,21,25,28H,6-8,13-14H2,1-5H3. The summed E-state index contributed by atoms with van der Waals surface area (Å²) in [5.41, 5.74) is 6.40. The van der Waals surface area contributed by atoms with Gasteiger partial charge in [0.05, 0.1) is 27.9 Å². The van der Waals surface area contributed by atoms with Crippen LogP contribution in [0.5, 0.6) is 17.4 Å². The maximum absolute atomic E-state index is 12.9. The normalized spacial score (nSPS) is 16.4. The summed E-state index contributed by atoms with van der Waals surface area (Å²) in [5, 5.41) is 11.7. The Kier molecular flexibility index (Phi) is 8.65. The molecule has 0 aliphatic carbocycles. The Labute approximate surface area is 199 Å². The van der Waals surface area contributed by atoms with Gasteiger partial charge in [-0.1, -0.05) is 18.7 Å². The first kappa shape index (κ1) is 24.9. The van der Waals surface area contributed by atoms with Gasteiger partial charge in [0.25, 0.3) is 0 Å². The topological polar surface area (TPSA) is 96.4 Å². The van der Waals surface area contributed by atoms with E-state index in [1.165, 1.54) is 11.8 Å². The molecule has 0 spiro atoms.